The van der Waals surface area contributed by atoms with Crippen molar-refractivity contribution in [2.24, 2.45) is 0 Å². The van der Waals surface area contributed by atoms with Crippen LogP contribution in [0, 0.1) is 0 Å². The first kappa shape index (κ1) is 18.4. The van der Waals surface area contributed by atoms with Crippen LogP contribution in [0.3, 0.4) is 0 Å². The molecular weight excluding hydrogens is 358 g/mol. The largest absolute Gasteiger partial charge is 0.364 e. The maximum atomic E-state index is 5.76. The highest BCUT2D eigenvalue weighted by Gasteiger charge is 2.18. The fourth-order valence-electron chi connectivity index (χ4n) is 2.77. The second-order valence-electron chi connectivity index (χ2n) is 5.75. The van der Waals surface area contributed by atoms with Gasteiger partial charge in [0.15, 0.2) is 5.11 Å². The van der Waals surface area contributed by atoms with Crippen LogP contribution in [0.5, 0.6) is 0 Å². The van der Waals surface area contributed by atoms with Crippen molar-refractivity contribution in [2.45, 2.75) is 13.8 Å². The number of hydrogen-bond acceptors (Lipinski definition) is 3. The van der Waals surface area contributed by atoms with E-state index in [9.17, 15) is 0 Å². The van der Waals surface area contributed by atoms with Crippen molar-refractivity contribution in [3.8, 4) is 0 Å². The van der Waals surface area contributed by atoms with Crippen molar-refractivity contribution in [3.05, 3.63) is 72.8 Å². The van der Waals surface area contributed by atoms with Crippen LogP contribution in [0.4, 0.5) is 21.4 Å². The van der Waals surface area contributed by atoms with Crippen molar-refractivity contribution in [1.82, 2.24) is 0 Å². The van der Waals surface area contributed by atoms with E-state index in [1.54, 1.807) is 11.3 Å². The van der Waals surface area contributed by atoms with Crippen LogP contribution in [0.15, 0.2) is 72.8 Å². The van der Waals surface area contributed by atoms with E-state index >= 15 is 0 Å². The van der Waals surface area contributed by atoms with E-state index in [1.807, 2.05) is 48.5 Å². The van der Waals surface area contributed by atoms with E-state index in [2.05, 4.69) is 53.2 Å². The van der Waals surface area contributed by atoms with E-state index in [1.165, 1.54) is 5.00 Å². The predicted octanol–water partition coefficient (Wildman–Crippen LogP) is 6.13. The number of nitrogens with one attached hydrogen (secondary N) is 1. The lowest BCUT2D eigenvalue weighted by atomic mass is 10.3. The van der Waals surface area contributed by atoms with Gasteiger partial charge in [-0.1, -0.05) is 36.4 Å². The van der Waals surface area contributed by atoms with Gasteiger partial charge in [0.2, 0.25) is 0 Å². The SMILES string of the molecule is CCN(CC)c1ccc(N(C(=S)Nc2ccccc2)c2ccccc2)s1. The summed E-state index contributed by atoms with van der Waals surface area (Å²) < 4.78 is 0. The Kier molecular flexibility index (Phi) is 6.26. The van der Waals surface area contributed by atoms with Gasteiger partial charge in [-0.15, -0.1) is 11.3 Å². The van der Waals surface area contributed by atoms with Gasteiger partial charge in [0.1, 0.15) is 5.00 Å². The minimum absolute atomic E-state index is 0.662. The maximum absolute atomic E-state index is 5.76. The molecule has 0 fully saturated rings. The maximum Gasteiger partial charge on any atom is 0.183 e. The number of rotatable bonds is 6. The summed E-state index contributed by atoms with van der Waals surface area (Å²) in [6.07, 6.45) is 0. The van der Waals surface area contributed by atoms with Crippen LogP contribution in [0.1, 0.15) is 13.8 Å². The summed E-state index contributed by atoms with van der Waals surface area (Å²) in [6, 6.07) is 24.6. The molecule has 0 bridgehead atoms. The molecule has 0 atom stereocenters. The summed E-state index contributed by atoms with van der Waals surface area (Å²) in [5.74, 6) is 0. The van der Waals surface area contributed by atoms with E-state index < -0.39 is 0 Å². The molecule has 5 heteroatoms. The number of hydrogen-bond donors (Lipinski definition) is 1. The molecule has 0 aliphatic rings. The molecule has 0 amide bonds. The fourth-order valence-corrected chi connectivity index (χ4v) is 4.31. The number of thiophene rings is 1. The topological polar surface area (TPSA) is 18.5 Å². The summed E-state index contributed by atoms with van der Waals surface area (Å²) in [6.45, 7) is 6.35. The number of benzene rings is 2. The van der Waals surface area contributed by atoms with Crippen molar-refractivity contribution in [1.29, 1.82) is 0 Å². The normalized spacial score (nSPS) is 10.4. The molecule has 0 spiro atoms. The van der Waals surface area contributed by atoms with Gasteiger partial charge in [-0.3, -0.25) is 4.90 Å². The molecule has 26 heavy (non-hydrogen) atoms. The Labute approximate surface area is 164 Å². The summed E-state index contributed by atoms with van der Waals surface area (Å²) in [4.78, 5) is 4.45. The summed E-state index contributed by atoms with van der Waals surface area (Å²) in [5.41, 5.74) is 2.04. The van der Waals surface area contributed by atoms with Gasteiger partial charge in [0, 0.05) is 24.5 Å². The lowest BCUT2D eigenvalue weighted by Gasteiger charge is -2.25. The van der Waals surface area contributed by atoms with Gasteiger partial charge in [-0.25, -0.2) is 0 Å². The Morgan fingerprint density at radius 2 is 1.42 bits per heavy atom. The standard InChI is InChI=1S/C21H23N3S2/c1-3-23(4-2)19-15-16-20(26-19)24(18-13-9-6-10-14-18)21(25)22-17-11-7-5-8-12-17/h5-16H,3-4H2,1-2H3,(H,22,25). The van der Waals surface area contributed by atoms with E-state index in [0.717, 1.165) is 29.5 Å². The third-order valence-corrected chi connectivity index (χ3v) is 5.53. The highest BCUT2D eigenvalue weighted by Crippen LogP contribution is 2.37. The minimum atomic E-state index is 0.662. The third-order valence-electron chi connectivity index (χ3n) is 4.12. The van der Waals surface area contributed by atoms with Crippen LogP contribution in [-0.2, 0) is 0 Å². The number of thiocarbonyl (C=S) groups is 1. The van der Waals surface area contributed by atoms with Crippen molar-refractivity contribution < 1.29 is 0 Å². The number of anilines is 4. The molecule has 1 heterocycles. The molecular formula is C21H23N3S2. The molecule has 0 saturated carbocycles. The minimum Gasteiger partial charge on any atom is -0.364 e. The Morgan fingerprint density at radius 1 is 0.846 bits per heavy atom. The Bertz CT molecular complexity index is 827. The van der Waals surface area contributed by atoms with Crippen molar-refractivity contribution in [3.63, 3.8) is 0 Å². The molecule has 0 radical (unpaired) electrons. The van der Waals surface area contributed by atoms with Gasteiger partial charge < -0.3 is 10.2 Å². The van der Waals surface area contributed by atoms with Gasteiger partial charge >= 0.3 is 0 Å². The molecule has 3 nitrogen and oxygen atoms in total. The molecule has 1 aromatic heterocycles. The highest BCUT2D eigenvalue weighted by atomic mass is 32.1. The van der Waals surface area contributed by atoms with Crippen LogP contribution in [-0.4, -0.2) is 18.2 Å². The highest BCUT2D eigenvalue weighted by molar-refractivity contribution is 7.80. The number of nitrogens with zero attached hydrogens (tertiary/aromatic N) is 2. The van der Waals surface area contributed by atoms with Crippen LogP contribution in [0.2, 0.25) is 0 Å². The van der Waals surface area contributed by atoms with Gasteiger partial charge in [-0.05, 0) is 62.5 Å². The van der Waals surface area contributed by atoms with E-state index in [4.69, 9.17) is 12.2 Å². The summed E-state index contributed by atoms with van der Waals surface area (Å²) >= 11 is 7.52. The first-order valence-electron chi connectivity index (χ1n) is 8.79. The fraction of sp³-hybridized carbons (Fsp3) is 0.190. The molecule has 3 aromatic rings. The van der Waals surface area contributed by atoms with Crippen LogP contribution in [0.25, 0.3) is 0 Å². The Hall–Kier alpha value is -2.37. The average molecular weight is 382 g/mol. The van der Waals surface area contributed by atoms with E-state index in [0.29, 0.717) is 5.11 Å². The van der Waals surface area contributed by atoms with Gasteiger partial charge in [0.05, 0.1) is 5.00 Å². The average Bonchev–Trinajstić information content (AvgIpc) is 3.14. The predicted molar refractivity (Wildman–Crippen MR) is 119 cm³/mol. The second-order valence-corrected chi connectivity index (χ2v) is 7.18. The summed E-state index contributed by atoms with van der Waals surface area (Å²) in [7, 11) is 0. The summed E-state index contributed by atoms with van der Waals surface area (Å²) in [5, 5.41) is 6.38. The monoisotopic (exact) mass is 381 g/mol. The zero-order valence-corrected chi connectivity index (χ0v) is 16.7. The Morgan fingerprint density at radius 3 is 2.04 bits per heavy atom. The molecule has 0 unspecified atom stereocenters. The second kappa shape index (κ2) is 8.83. The Balaban J connectivity index is 1.93. The zero-order valence-electron chi connectivity index (χ0n) is 15.1. The first-order chi connectivity index (χ1) is 12.7. The molecule has 134 valence electrons. The lowest BCUT2D eigenvalue weighted by Crippen LogP contribution is -2.29. The molecule has 0 saturated heterocycles. The quantitative estimate of drug-likeness (QED) is 0.518. The lowest BCUT2D eigenvalue weighted by molar-refractivity contribution is 0.876. The smallest absolute Gasteiger partial charge is 0.183 e. The molecule has 1 N–H and O–H groups in total. The van der Waals surface area contributed by atoms with Crippen molar-refractivity contribution >= 4 is 50.0 Å². The van der Waals surface area contributed by atoms with Crippen LogP contribution < -0.4 is 15.1 Å². The number of para-hydroxylation sites is 2. The molecule has 0 aliphatic carbocycles. The van der Waals surface area contributed by atoms with Gasteiger partial charge in [-0.2, -0.15) is 0 Å². The van der Waals surface area contributed by atoms with Crippen molar-refractivity contribution in [2.75, 3.05) is 28.2 Å². The molecule has 2 aromatic carbocycles. The molecule has 0 aliphatic heterocycles. The molecule has 3 rings (SSSR count). The van der Waals surface area contributed by atoms with Gasteiger partial charge in [0.25, 0.3) is 0 Å². The first-order valence-corrected chi connectivity index (χ1v) is 10.0. The van der Waals surface area contributed by atoms with Crippen LogP contribution >= 0.6 is 23.6 Å². The zero-order chi connectivity index (χ0) is 18.4. The van der Waals surface area contributed by atoms with E-state index in [-0.39, 0.29) is 0 Å². The third kappa shape index (κ3) is 4.23.